The van der Waals surface area contributed by atoms with Crippen molar-refractivity contribution < 1.29 is 5.11 Å². The Morgan fingerprint density at radius 2 is 2.00 bits per heavy atom. The van der Waals surface area contributed by atoms with E-state index in [4.69, 9.17) is 28.3 Å². The van der Waals surface area contributed by atoms with Crippen LogP contribution in [0.1, 0.15) is 6.42 Å². The number of benzene rings is 1. The first-order valence-electron chi connectivity index (χ1n) is 5.22. The van der Waals surface area contributed by atoms with Crippen molar-refractivity contribution >= 4 is 34.0 Å². The fourth-order valence-corrected chi connectivity index (χ4v) is 2.29. The van der Waals surface area contributed by atoms with E-state index >= 15 is 0 Å². The van der Waals surface area contributed by atoms with Crippen LogP contribution in [-0.4, -0.2) is 16.3 Å². The van der Waals surface area contributed by atoms with E-state index in [1.807, 2.05) is 0 Å². The van der Waals surface area contributed by atoms with Crippen LogP contribution in [0.15, 0.2) is 29.2 Å². The van der Waals surface area contributed by atoms with Gasteiger partial charge >= 0.3 is 0 Å². The van der Waals surface area contributed by atoms with E-state index in [2.05, 4.69) is 0 Å². The highest BCUT2D eigenvalue weighted by molar-refractivity contribution is 6.38. The number of hydrogen-bond donors (Lipinski definition) is 1. The SMILES string of the molecule is O=c1c2cc(Cl)cc(Cl)c2ccn1CCCO. The monoisotopic (exact) mass is 271 g/mol. The summed E-state index contributed by atoms with van der Waals surface area (Å²) in [5, 5.41) is 10.9. The summed E-state index contributed by atoms with van der Waals surface area (Å²) in [6.45, 7) is 0.538. The topological polar surface area (TPSA) is 42.2 Å². The zero-order valence-electron chi connectivity index (χ0n) is 8.99. The van der Waals surface area contributed by atoms with Gasteiger partial charge in [-0.25, -0.2) is 0 Å². The molecule has 0 amide bonds. The number of rotatable bonds is 3. The molecule has 2 rings (SSSR count). The fraction of sp³-hybridized carbons (Fsp3) is 0.250. The molecule has 0 aliphatic carbocycles. The minimum absolute atomic E-state index is 0.0563. The third-order valence-corrected chi connectivity index (χ3v) is 3.09. The second-order valence-electron chi connectivity index (χ2n) is 3.74. The second-order valence-corrected chi connectivity index (χ2v) is 4.58. The van der Waals surface area contributed by atoms with Crippen LogP contribution < -0.4 is 5.56 Å². The van der Waals surface area contributed by atoms with Gasteiger partial charge in [-0.05, 0) is 24.6 Å². The van der Waals surface area contributed by atoms with Gasteiger partial charge in [-0.1, -0.05) is 23.2 Å². The van der Waals surface area contributed by atoms with E-state index in [0.29, 0.717) is 33.8 Å². The Morgan fingerprint density at radius 3 is 2.71 bits per heavy atom. The van der Waals surface area contributed by atoms with Gasteiger partial charge in [0, 0.05) is 29.8 Å². The zero-order chi connectivity index (χ0) is 12.4. The standard InChI is InChI=1S/C12H11Cl2NO2/c13-8-6-10-9(11(14)7-8)2-4-15(12(10)17)3-1-5-16/h2,4,6-7,16H,1,3,5H2. The molecule has 0 saturated heterocycles. The number of aryl methyl sites for hydroxylation is 1. The number of halogens is 2. The Labute approximate surface area is 108 Å². The molecule has 90 valence electrons. The van der Waals surface area contributed by atoms with Crippen molar-refractivity contribution in [1.82, 2.24) is 4.57 Å². The molecule has 1 aromatic carbocycles. The maximum atomic E-state index is 12.1. The van der Waals surface area contributed by atoms with Crippen LogP contribution in [0.5, 0.6) is 0 Å². The van der Waals surface area contributed by atoms with Crippen LogP contribution in [0.3, 0.4) is 0 Å². The van der Waals surface area contributed by atoms with E-state index in [-0.39, 0.29) is 12.2 Å². The van der Waals surface area contributed by atoms with Gasteiger partial charge in [0.25, 0.3) is 5.56 Å². The van der Waals surface area contributed by atoms with Crippen LogP contribution in [0.25, 0.3) is 10.8 Å². The average molecular weight is 272 g/mol. The quantitative estimate of drug-likeness (QED) is 0.933. The van der Waals surface area contributed by atoms with Gasteiger partial charge in [0.05, 0.1) is 10.4 Å². The number of aromatic nitrogens is 1. The summed E-state index contributed by atoms with van der Waals surface area (Å²) in [6.07, 6.45) is 2.22. The van der Waals surface area contributed by atoms with E-state index in [9.17, 15) is 4.79 Å². The Morgan fingerprint density at radius 1 is 1.24 bits per heavy atom. The summed E-state index contributed by atoms with van der Waals surface area (Å²) < 4.78 is 1.55. The van der Waals surface area contributed by atoms with Crippen molar-refractivity contribution in [3.8, 4) is 0 Å². The van der Waals surface area contributed by atoms with E-state index in [0.717, 1.165) is 0 Å². The third kappa shape index (κ3) is 2.46. The Balaban J connectivity index is 2.62. The van der Waals surface area contributed by atoms with Crippen molar-refractivity contribution in [2.45, 2.75) is 13.0 Å². The molecule has 17 heavy (non-hydrogen) atoms. The molecular weight excluding hydrogens is 261 g/mol. The molecule has 2 aromatic rings. The number of hydrogen-bond acceptors (Lipinski definition) is 2. The third-order valence-electron chi connectivity index (χ3n) is 2.56. The summed E-state index contributed by atoms with van der Waals surface area (Å²) in [5.74, 6) is 0. The molecule has 0 atom stereocenters. The van der Waals surface area contributed by atoms with Gasteiger partial charge in [-0.15, -0.1) is 0 Å². The fourth-order valence-electron chi connectivity index (χ4n) is 1.74. The molecule has 0 spiro atoms. The molecular formula is C12H11Cl2NO2. The van der Waals surface area contributed by atoms with Crippen molar-refractivity contribution in [3.05, 3.63) is 44.8 Å². The van der Waals surface area contributed by atoms with E-state index in [1.165, 1.54) is 0 Å². The molecule has 1 N–H and O–H groups in total. The van der Waals surface area contributed by atoms with Crippen LogP contribution in [0, 0.1) is 0 Å². The molecule has 0 fully saturated rings. The number of aliphatic hydroxyl groups is 1. The summed E-state index contributed by atoms with van der Waals surface area (Å²) in [4.78, 5) is 12.1. The lowest BCUT2D eigenvalue weighted by Crippen LogP contribution is -2.20. The summed E-state index contributed by atoms with van der Waals surface area (Å²) in [6, 6.07) is 5.01. The molecule has 3 nitrogen and oxygen atoms in total. The minimum Gasteiger partial charge on any atom is -0.396 e. The number of nitrogens with zero attached hydrogens (tertiary/aromatic N) is 1. The predicted octanol–water partition coefficient (Wildman–Crippen LogP) is 2.69. The van der Waals surface area contributed by atoms with Gasteiger partial charge < -0.3 is 9.67 Å². The highest BCUT2D eigenvalue weighted by Gasteiger charge is 2.07. The van der Waals surface area contributed by atoms with Crippen LogP contribution in [0.2, 0.25) is 10.0 Å². The molecule has 0 bridgehead atoms. The average Bonchev–Trinajstić information content (AvgIpc) is 2.29. The predicted molar refractivity (Wildman–Crippen MR) is 69.9 cm³/mol. The van der Waals surface area contributed by atoms with E-state index < -0.39 is 0 Å². The van der Waals surface area contributed by atoms with Crippen molar-refractivity contribution in [2.75, 3.05) is 6.61 Å². The Kier molecular flexibility index (Phi) is 3.72. The minimum atomic E-state index is -0.139. The van der Waals surface area contributed by atoms with Gasteiger partial charge in [0.2, 0.25) is 0 Å². The molecule has 0 unspecified atom stereocenters. The number of fused-ring (bicyclic) bond motifs is 1. The summed E-state index contributed by atoms with van der Waals surface area (Å²) in [7, 11) is 0. The Hall–Kier alpha value is -1.03. The number of pyridine rings is 1. The lowest BCUT2D eigenvalue weighted by Gasteiger charge is -2.07. The van der Waals surface area contributed by atoms with Gasteiger partial charge in [0.15, 0.2) is 0 Å². The van der Waals surface area contributed by atoms with Crippen molar-refractivity contribution in [3.63, 3.8) is 0 Å². The molecule has 1 aromatic heterocycles. The van der Waals surface area contributed by atoms with Gasteiger partial charge in [-0.3, -0.25) is 4.79 Å². The smallest absolute Gasteiger partial charge is 0.258 e. The maximum Gasteiger partial charge on any atom is 0.258 e. The molecule has 5 heteroatoms. The van der Waals surface area contributed by atoms with Gasteiger partial charge in [-0.2, -0.15) is 0 Å². The maximum absolute atomic E-state index is 12.1. The van der Waals surface area contributed by atoms with E-state index in [1.54, 1.807) is 29.0 Å². The number of aliphatic hydroxyl groups excluding tert-OH is 1. The molecule has 1 heterocycles. The lowest BCUT2D eigenvalue weighted by molar-refractivity contribution is 0.279. The molecule has 0 aliphatic heterocycles. The largest absolute Gasteiger partial charge is 0.396 e. The lowest BCUT2D eigenvalue weighted by atomic mass is 10.2. The second kappa shape index (κ2) is 5.08. The first kappa shape index (κ1) is 12.4. The van der Waals surface area contributed by atoms with Crippen LogP contribution in [-0.2, 0) is 6.54 Å². The molecule has 0 saturated carbocycles. The van der Waals surface area contributed by atoms with Crippen LogP contribution in [0.4, 0.5) is 0 Å². The normalized spacial score (nSPS) is 11.0. The first-order chi connectivity index (χ1) is 8.13. The highest BCUT2D eigenvalue weighted by atomic mass is 35.5. The van der Waals surface area contributed by atoms with Gasteiger partial charge in [0.1, 0.15) is 0 Å². The summed E-state index contributed by atoms with van der Waals surface area (Å²) in [5.41, 5.74) is -0.139. The molecule has 0 radical (unpaired) electrons. The van der Waals surface area contributed by atoms with Crippen LogP contribution >= 0.6 is 23.2 Å². The van der Waals surface area contributed by atoms with Crippen molar-refractivity contribution in [2.24, 2.45) is 0 Å². The first-order valence-corrected chi connectivity index (χ1v) is 5.98. The summed E-state index contributed by atoms with van der Waals surface area (Å²) >= 11 is 11.9. The zero-order valence-corrected chi connectivity index (χ0v) is 10.5. The van der Waals surface area contributed by atoms with Crippen molar-refractivity contribution in [1.29, 1.82) is 0 Å². The molecule has 0 aliphatic rings. The highest BCUT2D eigenvalue weighted by Crippen LogP contribution is 2.25. The Bertz CT molecular complexity index is 607.